The molecule has 0 spiro atoms. The molecule has 0 saturated heterocycles. The van der Waals surface area contributed by atoms with E-state index in [4.69, 9.17) is 4.74 Å². The maximum atomic E-state index is 12.5. The quantitative estimate of drug-likeness (QED) is 0.400. The zero-order chi connectivity index (χ0) is 20.6. The van der Waals surface area contributed by atoms with Gasteiger partial charge in [-0.3, -0.25) is 4.79 Å². The number of hydrogen-bond donors (Lipinski definition) is 2. The summed E-state index contributed by atoms with van der Waals surface area (Å²) in [6.45, 7) is 3.52. The fraction of sp³-hybridized carbons (Fsp3) is 0.190. The van der Waals surface area contributed by atoms with Crippen molar-refractivity contribution in [3.63, 3.8) is 0 Å². The molecule has 0 aliphatic heterocycles. The van der Waals surface area contributed by atoms with Gasteiger partial charge in [0.25, 0.3) is 5.56 Å². The molecule has 2 N–H and O–H groups in total. The highest BCUT2D eigenvalue weighted by Gasteiger charge is 2.17. The van der Waals surface area contributed by atoms with Gasteiger partial charge in [-0.2, -0.15) is 4.73 Å². The van der Waals surface area contributed by atoms with E-state index < -0.39 is 5.60 Å². The highest BCUT2D eigenvalue weighted by molar-refractivity contribution is 5.94. The topological polar surface area (TPSA) is 107 Å². The van der Waals surface area contributed by atoms with E-state index in [-0.39, 0.29) is 12.2 Å². The van der Waals surface area contributed by atoms with Crippen LogP contribution in [0.2, 0.25) is 0 Å². The molecule has 0 atom stereocenters. The number of hydrogen-bond acceptors (Lipinski definition) is 5. The summed E-state index contributed by atoms with van der Waals surface area (Å²) in [7, 11) is 0. The largest absolute Gasteiger partial charge is 0.619 e. The Balaban J connectivity index is 1.78. The zero-order valence-electron chi connectivity index (χ0n) is 16.0. The van der Waals surface area contributed by atoms with Crippen LogP contribution in [0.3, 0.4) is 0 Å². The molecule has 0 fully saturated rings. The van der Waals surface area contributed by atoms with Gasteiger partial charge in [0, 0.05) is 23.9 Å². The Kier molecular flexibility index (Phi) is 4.56. The number of fused-ring (bicyclic) bond motifs is 1. The second-order valence-corrected chi connectivity index (χ2v) is 7.38. The van der Waals surface area contributed by atoms with Gasteiger partial charge < -0.3 is 24.6 Å². The molecule has 8 nitrogen and oxygen atoms in total. The molecular formula is C21H20N4O4. The number of aromatic amines is 1. The number of H-pyrrole nitrogens is 1. The lowest BCUT2D eigenvalue weighted by molar-refractivity contribution is -0.605. The lowest BCUT2D eigenvalue weighted by atomic mass is 10.1. The van der Waals surface area contributed by atoms with Crippen LogP contribution >= 0.6 is 0 Å². The molecule has 0 aliphatic rings. The average molecular weight is 392 g/mol. The first-order valence-corrected chi connectivity index (χ1v) is 9.05. The molecule has 3 aromatic heterocycles. The smallest absolute Gasteiger partial charge is 0.260 e. The van der Waals surface area contributed by atoms with Crippen LogP contribution in [0, 0.1) is 5.21 Å². The van der Waals surface area contributed by atoms with Crippen LogP contribution in [-0.2, 0) is 0 Å². The molecular weight excluding hydrogens is 372 g/mol. The van der Waals surface area contributed by atoms with Crippen molar-refractivity contribution >= 4 is 11.0 Å². The predicted octanol–water partition coefficient (Wildman–Crippen LogP) is 2.16. The third-order valence-electron chi connectivity index (χ3n) is 4.41. The van der Waals surface area contributed by atoms with Gasteiger partial charge in [-0.05, 0) is 31.5 Å². The summed E-state index contributed by atoms with van der Waals surface area (Å²) in [6.07, 6.45) is 5.96. The first-order valence-electron chi connectivity index (χ1n) is 9.05. The number of nitrogens with one attached hydrogen (secondary N) is 1. The summed E-state index contributed by atoms with van der Waals surface area (Å²) < 4.78 is 8.06. The number of benzene rings is 1. The van der Waals surface area contributed by atoms with E-state index in [0.29, 0.717) is 27.1 Å². The summed E-state index contributed by atoms with van der Waals surface area (Å²) >= 11 is 0. The third kappa shape index (κ3) is 3.83. The van der Waals surface area contributed by atoms with Gasteiger partial charge in [0.05, 0.1) is 23.0 Å². The second-order valence-electron chi connectivity index (χ2n) is 7.38. The molecule has 0 unspecified atom stereocenters. The lowest BCUT2D eigenvalue weighted by Crippen LogP contribution is -2.27. The summed E-state index contributed by atoms with van der Waals surface area (Å²) in [5.74, 6) is 0.620. The van der Waals surface area contributed by atoms with Crippen LogP contribution < -0.4 is 15.0 Å². The normalized spacial score (nSPS) is 11.7. The van der Waals surface area contributed by atoms with Crippen molar-refractivity contribution in [3.8, 4) is 22.6 Å². The minimum atomic E-state index is -0.928. The number of aliphatic hydroxyl groups is 1. The predicted molar refractivity (Wildman–Crippen MR) is 108 cm³/mol. The van der Waals surface area contributed by atoms with Crippen molar-refractivity contribution in [2.24, 2.45) is 0 Å². The molecule has 0 saturated carbocycles. The van der Waals surface area contributed by atoms with Crippen LogP contribution in [0.25, 0.3) is 27.8 Å². The van der Waals surface area contributed by atoms with E-state index in [2.05, 4.69) is 9.97 Å². The van der Waals surface area contributed by atoms with Crippen LogP contribution in [-0.4, -0.2) is 31.8 Å². The summed E-state index contributed by atoms with van der Waals surface area (Å²) in [5, 5.41) is 21.6. The SMILES string of the molecule is CC(C)(O)COc1ccc(-c2cn(-c3cc[n+]([O-])cc3)c3nc[nH]c(=O)c23)cc1. The van der Waals surface area contributed by atoms with Crippen molar-refractivity contribution in [2.75, 3.05) is 6.61 Å². The average Bonchev–Trinajstić information content (AvgIpc) is 3.08. The van der Waals surface area contributed by atoms with Gasteiger partial charge in [-0.15, -0.1) is 0 Å². The standard InChI is InChI=1S/C21H20N4O4/c1-21(2,27)12-29-16-5-3-14(4-6-16)17-11-25(15-7-9-24(28)10-8-15)19-18(17)20(26)23-13-22-19/h3-11,13,27H,12H2,1-2H3,(H,22,23,26). The number of nitrogens with zero attached hydrogens (tertiary/aromatic N) is 3. The van der Waals surface area contributed by atoms with Crippen molar-refractivity contribution in [1.82, 2.24) is 14.5 Å². The lowest BCUT2D eigenvalue weighted by Gasteiger charge is -2.17. The number of ether oxygens (including phenoxy) is 1. The summed E-state index contributed by atoms with van der Waals surface area (Å²) in [6, 6.07) is 10.6. The van der Waals surface area contributed by atoms with Crippen molar-refractivity contribution < 1.29 is 14.6 Å². The van der Waals surface area contributed by atoms with Crippen LogP contribution in [0.15, 0.2) is 66.1 Å². The third-order valence-corrected chi connectivity index (χ3v) is 4.41. The number of aromatic nitrogens is 4. The van der Waals surface area contributed by atoms with Gasteiger partial charge in [0.1, 0.15) is 12.4 Å². The van der Waals surface area contributed by atoms with Gasteiger partial charge in [-0.1, -0.05) is 12.1 Å². The van der Waals surface area contributed by atoms with Crippen molar-refractivity contribution in [2.45, 2.75) is 19.4 Å². The van der Waals surface area contributed by atoms with Crippen LogP contribution in [0.5, 0.6) is 5.75 Å². The second kappa shape index (κ2) is 7.06. The first kappa shape index (κ1) is 18.7. The van der Waals surface area contributed by atoms with Crippen molar-refractivity contribution in [1.29, 1.82) is 0 Å². The molecule has 0 radical (unpaired) electrons. The summed E-state index contributed by atoms with van der Waals surface area (Å²) in [4.78, 5) is 19.5. The molecule has 148 valence electrons. The molecule has 3 heterocycles. The fourth-order valence-corrected chi connectivity index (χ4v) is 3.04. The molecule has 1 aromatic carbocycles. The minimum Gasteiger partial charge on any atom is -0.619 e. The maximum absolute atomic E-state index is 12.5. The Morgan fingerprint density at radius 1 is 1.21 bits per heavy atom. The van der Waals surface area contributed by atoms with Crippen LogP contribution in [0.1, 0.15) is 13.8 Å². The number of rotatable bonds is 5. The maximum Gasteiger partial charge on any atom is 0.260 e. The Morgan fingerprint density at radius 3 is 2.55 bits per heavy atom. The first-order chi connectivity index (χ1) is 13.8. The van der Waals surface area contributed by atoms with E-state index >= 15 is 0 Å². The molecule has 29 heavy (non-hydrogen) atoms. The van der Waals surface area contributed by atoms with Gasteiger partial charge >= 0.3 is 0 Å². The van der Waals surface area contributed by atoms with E-state index in [1.165, 1.54) is 18.7 Å². The van der Waals surface area contributed by atoms with Gasteiger partial charge in [0.15, 0.2) is 18.0 Å². The Bertz CT molecular complexity index is 1200. The molecule has 0 bridgehead atoms. The van der Waals surface area contributed by atoms with E-state index in [1.807, 2.05) is 18.3 Å². The molecule has 0 aliphatic carbocycles. The Labute approximate surface area is 166 Å². The molecule has 0 amide bonds. The zero-order valence-corrected chi connectivity index (χ0v) is 16.0. The Hall–Kier alpha value is -3.65. The van der Waals surface area contributed by atoms with E-state index in [0.717, 1.165) is 11.3 Å². The monoisotopic (exact) mass is 392 g/mol. The fourth-order valence-electron chi connectivity index (χ4n) is 3.04. The highest BCUT2D eigenvalue weighted by atomic mass is 16.5. The highest BCUT2D eigenvalue weighted by Crippen LogP contribution is 2.30. The summed E-state index contributed by atoms with van der Waals surface area (Å²) in [5.41, 5.74) is 1.57. The number of pyridine rings is 1. The van der Waals surface area contributed by atoms with Crippen LogP contribution in [0.4, 0.5) is 0 Å². The van der Waals surface area contributed by atoms with E-state index in [1.54, 1.807) is 42.7 Å². The van der Waals surface area contributed by atoms with E-state index in [9.17, 15) is 15.1 Å². The molecule has 8 heteroatoms. The molecule has 4 rings (SSSR count). The van der Waals surface area contributed by atoms with Gasteiger partial charge in [0.2, 0.25) is 0 Å². The van der Waals surface area contributed by atoms with Gasteiger partial charge in [-0.25, -0.2) is 4.98 Å². The van der Waals surface area contributed by atoms with Crippen molar-refractivity contribution in [3.05, 3.63) is 76.9 Å². The Morgan fingerprint density at radius 2 is 1.90 bits per heavy atom. The molecule has 4 aromatic rings. The minimum absolute atomic E-state index is 0.170.